The van der Waals surface area contributed by atoms with E-state index in [1.165, 1.54) is 66.1 Å². The first-order valence-corrected chi connectivity index (χ1v) is 11.6. The lowest BCUT2D eigenvalue weighted by atomic mass is 9.61. The average Bonchev–Trinajstić information content (AvgIpc) is 3.19. The van der Waals surface area contributed by atoms with Gasteiger partial charge in [0.2, 0.25) is 0 Å². The Morgan fingerprint density at radius 3 is 1.85 bits per heavy atom. The van der Waals surface area contributed by atoms with Crippen LogP contribution in [0, 0.1) is 0 Å². The summed E-state index contributed by atoms with van der Waals surface area (Å²) in [6.45, 7) is 0. The first kappa shape index (κ1) is 17.4. The predicted octanol–water partition coefficient (Wildman–Crippen LogP) is 8.34. The van der Waals surface area contributed by atoms with E-state index in [0.717, 1.165) is 0 Å². The average molecular weight is 417 g/mol. The monoisotopic (exact) mass is 416 g/mol. The molecular weight excluding hydrogens is 396 g/mol. The van der Waals surface area contributed by atoms with Gasteiger partial charge in [-0.15, -0.1) is 0 Å². The Labute approximate surface area is 192 Å². The van der Waals surface area contributed by atoms with Crippen LogP contribution in [0.25, 0.3) is 43.8 Å². The molecule has 0 amide bonds. The van der Waals surface area contributed by atoms with E-state index in [2.05, 4.69) is 121 Å². The van der Waals surface area contributed by atoms with Gasteiger partial charge in [-0.1, -0.05) is 121 Å². The molecule has 0 saturated carbocycles. The highest BCUT2D eigenvalue weighted by molar-refractivity contribution is 6.10. The van der Waals surface area contributed by atoms with Gasteiger partial charge in [-0.3, -0.25) is 0 Å². The summed E-state index contributed by atoms with van der Waals surface area (Å²) in [5.74, 6) is 0. The Balaban J connectivity index is 1.68. The minimum absolute atomic E-state index is 0.319. The third-order valence-electron chi connectivity index (χ3n) is 7.86. The molecule has 8 rings (SSSR count). The second-order valence-electron chi connectivity index (χ2n) is 9.26. The minimum atomic E-state index is -0.319. The van der Waals surface area contributed by atoms with E-state index in [1.54, 1.807) is 0 Å². The highest BCUT2D eigenvalue weighted by Gasteiger charge is 2.50. The number of hydrogen-bond acceptors (Lipinski definition) is 0. The van der Waals surface area contributed by atoms with Crippen molar-refractivity contribution in [2.75, 3.05) is 0 Å². The van der Waals surface area contributed by atoms with Crippen molar-refractivity contribution < 1.29 is 0 Å². The predicted molar refractivity (Wildman–Crippen MR) is 138 cm³/mol. The van der Waals surface area contributed by atoms with Crippen LogP contribution in [0.3, 0.4) is 0 Å². The lowest BCUT2D eigenvalue weighted by Crippen LogP contribution is -2.31. The molecule has 0 aromatic heterocycles. The third kappa shape index (κ3) is 1.94. The van der Waals surface area contributed by atoms with Crippen molar-refractivity contribution in [3.05, 3.63) is 144 Å². The lowest BCUT2D eigenvalue weighted by molar-refractivity contribution is 0.774. The molecule has 0 heterocycles. The summed E-state index contributed by atoms with van der Waals surface area (Å²) in [6.07, 6.45) is 0. The Morgan fingerprint density at radius 2 is 0.970 bits per heavy atom. The van der Waals surface area contributed by atoms with Crippen molar-refractivity contribution in [3.63, 3.8) is 0 Å². The van der Waals surface area contributed by atoms with Gasteiger partial charge in [-0.2, -0.15) is 0 Å². The van der Waals surface area contributed by atoms with Crippen molar-refractivity contribution in [1.29, 1.82) is 0 Å². The van der Waals surface area contributed by atoms with E-state index in [0.29, 0.717) is 0 Å². The molecule has 0 N–H and O–H groups in total. The van der Waals surface area contributed by atoms with E-state index >= 15 is 0 Å². The van der Waals surface area contributed by atoms with Gasteiger partial charge in [-0.25, -0.2) is 0 Å². The van der Waals surface area contributed by atoms with Gasteiger partial charge >= 0.3 is 0 Å². The van der Waals surface area contributed by atoms with Gasteiger partial charge < -0.3 is 0 Å². The molecule has 0 heteroatoms. The minimum Gasteiger partial charge on any atom is -0.0619 e. The second kappa shape index (κ2) is 5.99. The Kier molecular flexibility index (Phi) is 3.16. The SMILES string of the molecule is c1ccc2c(c1)-c1c(ccc3ccccc13)C21c2ccccc2-c2cccc3cccc1c23. The molecule has 2 aliphatic rings. The summed E-state index contributed by atoms with van der Waals surface area (Å²) in [6, 6.07) is 45.2. The largest absolute Gasteiger partial charge is 0.0725 e. The van der Waals surface area contributed by atoms with Crippen LogP contribution in [0.1, 0.15) is 22.3 Å². The molecule has 152 valence electrons. The quantitative estimate of drug-likeness (QED) is 0.233. The molecule has 0 radical (unpaired) electrons. The van der Waals surface area contributed by atoms with Crippen molar-refractivity contribution in [3.8, 4) is 22.3 Å². The summed E-state index contributed by atoms with van der Waals surface area (Å²) in [5.41, 5.74) is 10.7. The molecule has 0 fully saturated rings. The van der Waals surface area contributed by atoms with Crippen LogP contribution >= 0.6 is 0 Å². The van der Waals surface area contributed by atoms with E-state index in [9.17, 15) is 0 Å². The number of fused-ring (bicyclic) bond motifs is 11. The molecule has 1 atom stereocenters. The maximum Gasteiger partial charge on any atom is 0.0725 e. The van der Waals surface area contributed by atoms with E-state index in [1.807, 2.05) is 0 Å². The molecule has 6 aromatic carbocycles. The molecule has 0 aliphatic heterocycles. The molecule has 2 aliphatic carbocycles. The zero-order valence-electron chi connectivity index (χ0n) is 18.0. The maximum atomic E-state index is 2.39. The molecule has 6 aromatic rings. The third-order valence-corrected chi connectivity index (χ3v) is 7.86. The lowest BCUT2D eigenvalue weighted by Gasteiger charge is -2.40. The first-order valence-electron chi connectivity index (χ1n) is 11.6. The normalized spacial score (nSPS) is 17.2. The van der Waals surface area contributed by atoms with Gasteiger partial charge in [0.1, 0.15) is 0 Å². The number of benzene rings is 6. The number of hydrogen-bond donors (Lipinski definition) is 0. The van der Waals surface area contributed by atoms with Crippen LogP contribution < -0.4 is 0 Å². The van der Waals surface area contributed by atoms with Gasteiger partial charge in [-0.05, 0) is 66.1 Å². The van der Waals surface area contributed by atoms with Crippen molar-refractivity contribution in [2.45, 2.75) is 5.41 Å². The first-order chi connectivity index (χ1) is 16.4. The van der Waals surface area contributed by atoms with Crippen LogP contribution in [-0.2, 0) is 5.41 Å². The van der Waals surface area contributed by atoms with Gasteiger partial charge in [0.05, 0.1) is 5.41 Å². The maximum absolute atomic E-state index is 2.39. The highest BCUT2D eigenvalue weighted by atomic mass is 14.5. The summed E-state index contributed by atoms with van der Waals surface area (Å²) >= 11 is 0. The van der Waals surface area contributed by atoms with Crippen LogP contribution in [0.15, 0.2) is 121 Å². The fourth-order valence-corrected chi connectivity index (χ4v) is 6.70. The number of rotatable bonds is 0. The Morgan fingerprint density at radius 1 is 0.364 bits per heavy atom. The molecule has 0 bridgehead atoms. The van der Waals surface area contributed by atoms with Gasteiger partial charge in [0.15, 0.2) is 0 Å². The van der Waals surface area contributed by atoms with Crippen molar-refractivity contribution >= 4 is 21.5 Å². The Bertz CT molecular complexity index is 1770. The molecular formula is C33H20. The topological polar surface area (TPSA) is 0 Å². The smallest absolute Gasteiger partial charge is 0.0619 e. The highest BCUT2D eigenvalue weighted by Crippen LogP contribution is 2.62. The van der Waals surface area contributed by atoms with Crippen molar-refractivity contribution in [2.24, 2.45) is 0 Å². The Hall–Kier alpha value is -4.16. The molecule has 1 unspecified atom stereocenters. The van der Waals surface area contributed by atoms with Crippen LogP contribution in [0.2, 0.25) is 0 Å². The van der Waals surface area contributed by atoms with Gasteiger partial charge in [0, 0.05) is 0 Å². The fourth-order valence-electron chi connectivity index (χ4n) is 6.70. The van der Waals surface area contributed by atoms with Crippen LogP contribution in [-0.4, -0.2) is 0 Å². The van der Waals surface area contributed by atoms with E-state index in [4.69, 9.17) is 0 Å². The molecule has 33 heavy (non-hydrogen) atoms. The summed E-state index contributed by atoms with van der Waals surface area (Å²) in [5, 5.41) is 5.33. The van der Waals surface area contributed by atoms with Crippen LogP contribution in [0.5, 0.6) is 0 Å². The molecule has 0 nitrogen and oxygen atoms in total. The van der Waals surface area contributed by atoms with E-state index in [-0.39, 0.29) is 5.41 Å². The van der Waals surface area contributed by atoms with Gasteiger partial charge in [0.25, 0.3) is 0 Å². The molecule has 0 saturated heterocycles. The zero-order valence-corrected chi connectivity index (χ0v) is 18.0. The molecule has 1 spiro atoms. The summed E-state index contributed by atoms with van der Waals surface area (Å²) < 4.78 is 0. The second-order valence-corrected chi connectivity index (χ2v) is 9.26. The summed E-state index contributed by atoms with van der Waals surface area (Å²) in [7, 11) is 0. The van der Waals surface area contributed by atoms with E-state index < -0.39 is 0 Å². The van der Waals surface area contributed by atoms with Crippen molar-refractivity contribution in [1.82, 2.24) is 0 Å². The summed E-state index contributed by atoms with van der Waals surface area (Å²) in [4.78, 5) is 0. The standard InChI is InChI=1S/C33H20/c1-2-12-23-21(9-1)19-20-30-32(23)26-14-4-6-17-28(26)33(30)27-16-5-3-13-24(27)25-15-7-10-22-11-8-18-29(33)31(22)25/h1-20H. The zero-order chi connectivity index (χ0) is 21.6. The van der Waals surface area contributed by atoms with Crippen LogP contribution in [0.4, 0.5) is 0 Å². The fraction of sp³-hybridized carbons (Fsp3) is 0.0303.